The third-order valence-electron chi connectivity index (χ3n) is 6.88. The van der Waals surface area contributed by atoms with Crippen LogP contribution in [-0.4, -0.2) is 42.4 Å². The van der Waals surface area contributed by atoms with Crippen molar-refractivity contribution in [3.05, 3.63) is 23.8 Å². The van der Waals surface area contributed by atoms with Crippen LogP contribution in [0.1, 0.15) is 44.1 Å². The Balaban J connectivity index is 1.38. The molecule has 1 saturated heterocycles. The lowest BCUT2D eigenvalue weighted by Gasteiger charge is -2.27. The summed E-state index contributed by atoms with van der Waals surface area (Å²) in [5.74, 6) is 0.868. The van der Waals surface area contributed by atoms with Crippen molar-refractivity contribution in [2.75, 3.05) is 30.3 Å². The first-order valence-electron chi connectivity index (χ1n) is 10.7. The number of nitrogens with one attached hydrogen (secondary N) is 2. The van der Waals surface area contributed by atoms with Gasteiger partial charge in [-0.15, -0.1) is 0 Å². The molecule has 4 rings (SSSR count). The zero-order valence-electron chi connectivity index (χ0n) is 16.7. The molecule has 4 N–H and O–H groups in total. The molecule has 1 heterocycles. The van der Waals surface area contributed by atoms with E-state index in [1.165, 1.54) is 19.3 Å². The first kappa shape index (κ1) is 19.4. The number of fused-ring (bicyclic) bond motifs is 2. The van der Waals surface area contributed by atoms with Crippen LogP contribution in [0.15, 0.2) is 18.2 Å². The van der Waals surface area contributed by atoms with Crippen LogP contribution in [0.4, 0.5) is 11.4 Å². The standard InChI is InChI=1S/C22H32N4O2/c1-14-5-8-17(24-22(28)20-15-6-7-16(11-15)21(20)23)12-18(14)25-19(27)13-26-9-3-2-4-10-26/h5,8,12,15-16,20-21H,2-4,6-7,9-11,13,23H2,1H3,(H,24,28)(H,25,27). The molecule has 2 bridgehead atoms. The number of amides is 2. The van der Waals surface area contributed by atoms with Gasteiger partial charge in [0.05, 0.1) is 12.5 Å². The number of benzene rings is 1. The second kappa shape index (κ2) is 8.21. The van der Waals surface area contributed by atoms with E-state index in [0.717, 1.165) is 49.3 Å². The molecule has 1 aliphatic heterocycles. The van der Waals surface area contributed by atoms with Crippen molar-refractivity contribution >= 4 is 23.2 Å². The largest absolute Gasteiger partial charge is 0.327 e. The van der Waals surface area contributed by atoms with Gasteiger partial charge in [0, 0.05) is 17.4 Å². The molecule has 152 valence electrons. The van der Waals surface area contributed by atoms with Crippen molar-refractivity contribution < 1.29 is 9.59 Å². The van der Waals surface area contributed by atoms with Crippen LogP contribution in [0, 0.1) is 24.7 Å². The van der Waals surface area contributed by atoms with E-state index < -0.39 is 0 Å². The van der Waals surface area contributed by atoms with Crippen LogP contribution in [0.3, 0.4) is 0 Å². The third kappa shape index (κ3) is 4.08. The molecule has 1 aromatic carbocycles. The third-order valence-corrected chi connectivity index (χ3v) is 6.88. The van der Waals surface area contributed by atoms with Crippen LogP contribution >= 0.6 is 0 Å². The molecule has 2 aliphatic carbocycles. The zero-order chi connectivity index (χ0) is 19.7. The summed E-state index contributed by atoms with van der Waals surface area (Å²) in [7, 11) is 0. The van der Waals surface area contributed by atoms with E-state index in [0.29, 0.717) is 18.4 Å². The molecule has 6 nitrogen and oxygen atoms in total. The molecule has 4 atom stereocenters. The maximum atomic E-state index is 12.8. The predicted molar refractivity (Wildman–Crippen MR) is 111 cm³/mol. The molecule has 3 fully saturated rings. The topological polar surface area (TPSA) is 87.5 Å². The lowest BCUT2D eigenvalue weighted by molar-refractivity contribution is -0.121. The second-order valence-corrected chi connectivity index (χ2v) is 8.84. The van der Waals surface area contributed by atoms with Crippen molar-refractivity contribution in [1.82, 2.24) is 4.90 Å². The molecular formula is C22H32N4O2. The van der Waals surface area contributed by atoms with Gasteiger partial charge in [-0.2, -0.15) is 0 Å². The zero-order valence-corrected chi connectivity index (χ0v) is 16.7. The lowest BCUT2D eigenvalue weighted by atomic mass is 9.84. The highest BCUT2D eigenvalue weighted by Gasteiger charge is 2.49. The molecule has 0 spiro atoms. The summed E-state index contributed by atoms with van der Waals surface area (Å²) in [5, 5.41) is 6.06. The maximum absolute atomic E-state index is 12.8. The summed E-state index contributed by atoms with van der Waals surface area (Å²) in [6.45, 7) is 4.38. The number of carbonyl (C=O) groups is 2. The van der Waals surface area contributed by atoms with Gasteiger partial charge >= 0.3 is 0 Å². The van der Waals surface area contributed by atoms with Crippen LogP contribution in [-0.2, 0) is 9.59 Å². The first-order valence-corrected chi connectivity index (χ1v) is 10.7. The quantitative estimate of drug-likeness (QED) is 0.728. The van der Waals surface area contributed by atoms with E-state index in [9.17, 15) is 9.59 Å². The second-order valence-electron chi connectivity index (χ2n) is 8.84. The monoisotopic (exact) mass is 384 g/mol. The van der Waals surface area contributed by atoms with Crippen molar-refractivity contribution in [3.63, 3.8) is 0 Å². The number of likely N-dealkylation sites (tertiary alicyclic amines) is 1. The smallest absolute Gasteiger partial charge is 0.238 e. The molecule has 3 aliphatic rings. The Kier molecular flexibility index (Phi) is 5.69. The summed E-state index contributed by atoms with van der Waals surface area (Å²) in [5.41, 5.74) is 8.77. The van der Waals surface area contributed by atoms with Crippen molar-refractivity contribution in [2.45, 2.75) is 51.5 Å². The van der Waals surface area contributed by atoms with Gasteiger partial charge in [0.1, 0.15) is 0 Å². The Morgan fingerprint density at radius 3 is 2.57 bits per heavy atom. The van der Waals surface area contributed by atoms with Gasteiger partial charge in [-0.25, -0.2) is 0 Å². The number of nitrogens with zero attached hydrogens (tertiary/aromatic N) is 1. The lowest BCUT2D eigenvalue weighted by Crippen LogP contribution is -2.42. The van der Waals surface area contributed by atoms with Crippen LogP contribution in [0.5, 0.6) is 0 Å². The minimum atomic E-state index is -0.0859. The number of nitrogens with two attached hydrogens (primary N) is 1. The molecule has 6 heteroatoms. The summed E-state index contributed by atoms with van der Waals surface area (Å²) in [4.78, 5) is 27.5. The Morgan fingerprint density at radius 2 is 1.86 bits per heavy atom. The van der Waals surface area contributed by atoms with E-state index in [1.54, 1.807) is 0 Å². The highest BCUT2D eigenvalue weighted by Crippen LogP contribution is 2.47. The number of piperidine rings is 1. The van der Waals surface area contributed by atoms with E-state index in [2.05, 4.69) is 15.5 Å². The minimum Gasteiger partial charge on any atom is -0.327 e. The fourth-order valence-corrected chi connectivity index (χ4v) is 5.30. The Labute approximate surface area is 167 Å². The van der Waals surface area contributed by atoms with Gasteiger partial charge in [0.2, 0.25) is 11.8 Å². The van der Waals surface area contributed by atoms with Gasteiger partial charge in [-0.3, -0.25) is 14.5 Å². The van der Waals surface area contributed by atoms with Crippen molar-refractivity contribution in [3.8, 4) is 0 Å². The molecule has 4 unspecified atom stereocenters. The van der Waals surface area contributed by atoms with Crippen molar-refractivity contribution in [1.29, 1.82) is 0 Å². The minimum absolute atomic E-state index is 0.00333. The SMILES string of the molecule is Cc1ccc(NC(=O)C2C3CCC(C3)C2N)cc1NC(=O)CN1CCCCC1. The maximum Gasteiger partial charge on any atom is 0.238 e. The number of hydrogen-bond acceptors (Lipinski definition) is 4. The summed E-state index contributed by atoms with van der Waals surface area (Å²) >= 11 is 0. The Bertz CT molecular complexity index is 742. The normalized spacial score (nSPS) is 29.6. The predicted octanol–water partition coefficient (Wildman–Crippen LogP) is 2.73. The molecule has 28 heavy (non-hydrogen) atoms. The van der Waals surface area contributed by atoms with Gasteiger partial charge in [-0.1, -0.05) is 12.5 Å². The number of hydrogen-bond donors (Lipinski definition) is 3. The summed E-state index contributed by atoms with van der Waals surface area (Å²) < 4.78 is 0. The Hall–Kier alpha value is -1.92. The molecule has 2 saturated carbocycles. The van der Waals surface area contributed by atoms with Gasteiger partial charge in [-0.05, 0) is 81.6 Å². The van der Waals surface area contributed by atoms with E-state index in [4.69, 9.17) is 5.73 Å². The van der Waals surface area contributed by atoms with Gasteiger partial charge in [0.25, 0.3) is 0 Å². The number of carbonyl (C=O) groups excluding carboxylic acids is 2. The van der Waals surface area contributed by atoms with E-state index >= 15 is 0 Å². The van der Waals surface area contributed by atoms with Gasteiger partial charge in [0.15, 0.2) is 0 Å². The highest BCUT2D eigenvalue weighted by molar-refractivity contribution is 5.96. The Morgan fingerprint density at radius 1 is 1.11 bits per heavy atom. The first-order chi connectivity index (χ1) is 13.5. The highest BCUT2D eigenvalue weighted by atomic mass is 16.2. The van der Waals surface area contributed by atoms with E-state index in [1.807, 2.05) is 25.1 Å². The average molecular weight is 385 g/mol. The summed E-state index contributed by atoms with van der Waals surface area (Å²) in [6, 6.07) is 5.67. The fourth-order valence-electron chi connectivity index (χ4n) is 5.30. The molecule has 0 aromatic heterocycles. The van der Waals surface area contributed by atoms with Crippen molar-refractivity contribution in [2.24, 2.45) is 23.5 Å². The van der Waals surface area contributed by atoms with Crippen LogP contribution < -0.4 is 16.4 Å². The van der Waals surface area contributed by atoms with Crippen LogP contribution in [0.25, 0.3) is 0 Å². The molecule has 1 aromatic rings. The fraction of sp³-hybridized carbons (Fsp3) is 0.636. The number of aryl methyl sites for hydroxylation is 1. The molecule has 2 amide bonds. The van der Waals surface area contributed by atoms with Gasteiger partial charge < -0.3 is 16.4 Å². The average Bonchev–Trinajstić information content (AvgIpc) is 3.26. The van der Waals surface area contributed by atoms with Crippen LogP contribution in [0.2, 0.25) is 0 Å². The molecular weight excluding hydrogens is 352 g/mol. The number of rotatable bonds is 5. The van der Waals surface area contributed by atoms with E-state index in [-0.39, 0.29) is 23.8 Å². The molecule has 0 radical (unpaired) electrons. The number of anilines is 2. The summed E-state index contributed by atoms with van der Waals surface area (Å²) in [6.07, 6.45) is 6.95.